The Morgan fingerprint density at radius 1 is 1.13 bits per heavy atom. The number of para-hydroxylation sites is 2. The molecule has 1 saturated heterocycles. The number of carbonyl (C=O) groups excluding carboxylic acids is 2. The molecule has 0 saturated carbocycles. The van der Waals surface area contributed by atoms with Gasteiger partial charge in [-0.2, -0.15) is 0 Å². The van der Waals surface area contributed by atoms with Crippen molar-refractivity contribution in [3.63, 3.8) is 0 Å². The minimum Gasteiger partial charge on any atom is -0.323 e. The Morgan fingerprint density at radius 2 is 1.84 bits per heavy atom. The summed E-state index contributed by atoms with van der Waals surface area (Å²) in [6.07, 6.45) is 0.646. The molecule has 2 aliphatic rings. The quantitative estimate of drug-likeness (QED) is 0.752. The van der Waals surface area contributed by atoms with Crippen LogP contribution in [0.2, 0.25) is 5.02 Å². The molecule has 4 rings (SSSR count). The number of nitrogens with one attached hydrogen (secondary N) is 1. The van der Waals surface area contributed by atoms with Gasteiger partial charge < -0.3 is 10.2 Å². The highest BCUT2D eigenvalue weighted by molar-refractivity contribution is 7.88. The van der Waals surface area contributed by atoms with Crippen LogP contribution < -0.4 is 10.2 Å². The number of fused-ring (bicyclic) bond motifs is 1. The molecule has 0 unspecified atom stereocenters. The van der Waals surface area contributed by atoms with Crippen molar-refractivity contribution in [1.82, 2.24) is 4.31 Å². The number of amides is 2. The van der Waals surface area contributed by atoms with Crippen LogP contribution in [0.3, 0.4) is 0 Å². The number of sulfonamides is 1. The predicted octanol–water partition coefficient (Wildman–Crippen LogP) is 3.01. The van der Waals surface area contributed by atoms with Crippen molar-refractivity contribution >= 4 is 44.8 Å². The van der Waals surface area contributed by atoms with Crippen molar-refractivity contribution in [3.8, 4) is 0 Å². The molecule has 1 fully saturated rings. The van der Waals surface area contributed by atoms with Crippen LogP contribution in [0.4, 0.5) is 15.8 Å². The zero-order valence-electron chi connectivity index (χ0n) is 16.6. The fourth-order valence-electron chi connectivity index (χ4n) is 3.98. The highest BCUT2D eigenvalue weighted by atomic mass is 35.5. The van der Waals surface area contributed by atoms with Crippen LogP contribution >= 0.6 is 11.6 Å². The zero-order chi connectivity index (χ0) is 22.2. The van der Waals surface area contributed by atoms with Crippen LogP contribution in [-0.4, -0.2) is 44.2 Å². The van der Waals surface area contributed by atoms with Crippen LogP contribution in [-0.2, 0) is 25.4 Å². The molecule has 0 atom stereocenters. The van der Waals surface area contributed by atoms with Crippen LogP contribution in [0.1, 0.15) is 18.4 Å². The summed E-state index contributed by atoms with van der Waals surface area (Å²) in [5.74, 6) is -2.06. The van der Waals surface area contributed by atoms with E-state index < -0.39 is 27.5 Å². The third-order valence-corrected chi connectivity index (χ3v) is 7.78. The number of rotatable bonds is 4. The first-order valence-corrected chi connectivity index (χ1v) is 11.9. The van der Waals surface area contributed by atoms with Gasteiger partial charge in [0.15, 0.2) is 0 Å². The topological polar surface area (TPSA) is 86.8 Å². The molecule has 0 aromatic heterocycles. The highest BCUT2D eigenvalue weighted by Gasteiger charge is 2.36. The SMILES string of the molecule is O=C1CN(C(=O)C2CCN(S(=O)(=O)Cc3c(F)cccc3Cl)CC2)c2ccccc2N1. The van der Waals surface area contributed by atoms with Crippen LogP contribution in [0.25, 0.3) is 0 Å². The van der Waals surface area contributed by atoms with E-state index in [0.717, 1.165) is 0 Å². The number of carbonyl (C=O) groups is 2. The van der Waals surface area contributed by atoms with E-state index in [4.69, 9.17) is 11.6 Å². The van der Waals surface area contributed by atoms with Gasteiger partial charge in [0, 0.05) is 29.6 Å². The van der Waals surface area contributed by atoms with E-state index in [1.807, 2.05) is 0 Å². The van der Waals surface area contributed by atoms with Crippen molar-refractivity contribution in [2.24, 2.45) is 5.92 Å². The minimum absolute atomic E-state index is 0.0571. The van der Waals surface area contributed by atoms with Crippen LogP contribution in [0, 0.1) is 11.7 Å². The fraction of sp³-hybridized carbons (Fsp3) is 0.333. The van der Waals surface area contributed by atoms with Gasteiger partial charge in [0.1, 0.15) is 12.4 Å². The van der Waals surface area contributed by atoms with Gasteiger partial charge in [-0.15, -0.1) is 0 Å². The fourth-order valence-corrected chi connectivity index (χ4v) is 5.89. The van der Waals surface area contributed by atoms with Gasteiger partial charge >= 0.3 is 0 Å². The lowest BCUT2D eigenvalue weighted by Gasteiger charge is -2.35. The maximum atomic E-state index is 14.0. The zero-order valence-corrected chi connectivity index (χ0v) is 18.1. The third kappa shape index (κ3) is 4.44. The Bertz CT molecular complexity index is 1110. The number of nitrogens with zero attached hydrogens (tertiary/aromatic N) is 2. The normalized spacial score (nSPS) is 17.9. The second-order valence-corrected chi connectivity index (χ2v) is 10.00. The molecule has 0 spiro atoms. The molecular weight excluding hydrogens is 445 g/mol. The summed E-state index contributed by atoms with van der Waals surface area (Å²) < 4.78 is 40.9. The number of piperidine rings is 1. The van der Waals surface area contributed by atoms with Gasteiger partial charge in [0.2, 0.25) is 21.8 Å². The molecule has 2 aromatic carbocycles. The molecule has 1 N–H and O–H groups in total. The van der Waals surface area contributed by atoms with E-state index >= 15 is 0 Å². The first-order chi connectivity index (χ1) is 14.8. The maximum Gasteiger partial charge on any atom is 0.244 e. The largest absolute Gasteiger partial charge is 0.323 e. The Kier molecular flexibility index (Phi) is 6.00. The van der Waals surface area contributed by atoms with Gasteiger partial charge in [-0.05, 0) is 37.1 Å². The van der Waals surface area contributed by atoms with Gasteiger partial charge in [0.05, 0.1) is 17.1 Å². The molecule has 2 aliphatic heterocycles. The maximum absolute atomic E-state index is 14.0. The van der Waals surface area contributed by atoms with Crippen molar-refractivity contribution in [3.05, 3.63) is 58.9 Å². The molecular formula is C21H21ClFN3O4S. The summed E-state index contributed by atoms with van der Waals surface area (Å²) in [7, 11) is -3.79. The summed E-state index contributed by atoms with van der Waals surface area (Å²) in [6.45, 7) is 0.221. The van der Waals surface area contributed by atoms with E-state index in [0.29, 0.717) is 24.2 Å². The number of benzene rings is 2. The second kappa shape index (κ2) is 8.57. The van der Waals surface area contributed by atoms with Crippen molar-refractivity contribution in [2.45, 2.75) is 18.6 Å². The van der Waals surface area contributed by atoms with E-state index in [2.05, 4.69) is 5.32 Å². The molecule has 31 heavy (non-hydrogen) atoms. The number of halogens is 2. The molecule has 164 valence electrons. The smallest absolute Gasteiger partial charge is 0.244 e. The Morgan fingerprint density at radius 3 is 2.55 bits per heavy atom. The number of hydrogen-bond donors (Lipinski definition) is 1. The summed E-state index contributed by atoms with van der Waals surface area (Å²) in [5.41, 5.74) is 1.16. The highest BCUT2D eigenvalue weighted by Crippen LogP contribution is 2.32. The summed E-state index contributed by atoms with van der Waals surface area (Å²) >= 11 is 5.97. The van der Waals surface area contributed by atoms with Crippen molar-refractivity contribution in [1.29, 1.82) is 0 Å². The van der Waals surface area contributed by atoms with E-state index in [9.17, 15) is 22.4 Å². The molecule has 2 aromatic rings. The lowest BCUT2D eigenvalue weighted by Crippen LogP contribution is -2.48. The standard InChI is InChI=1S/C21H21ClFN3O4S/c22-16-4-3-5-17(23)15(16)13-31(29,30)25-10-8-14(9-11-25)21(28)26-12-20(27)24-18-6-1-2-7-19(18)26/h1-7,14H,8-13H2,(H,24,27). The Labute approximate surface area is 184 Å². The van der Waals surface area contributed by atoms with Gasteiger partial charge in [-0.1, -0.05) is 29.8 Å². The minimum atomic E-state index is -3.79. The Hall–Kier alpha value is -2.49. The third-order valence-electron chi connectivity index (χ3n) is 5.62. The van der Waals surface area contributed by atoms with Crippen molar-refractivity contribution < 1.29 is 22.4 Å². The molecule has 7 nitrogen and oxygen atoms in total. The van der Waals surface area contributed by atoms with Crippen LogP contribution in [0.15, 0.2) is 42.5 Å². The van der Waals surface area contributed by atoms with Gasteiger partial charge in [0.25, 0.3) is 0 Å². The van der Waals surface area contributed by atoms with Gasteiger partial charge in [-0.25, -0.2) is 17.1 Å². The summed E-state index contributed by atoms with van der Waals surface area (Å²) in [6, 6.07) is 11.1. The van der Waals surface area contributed by atoms with Crippen LogP contribution in [0.5, 0.6) is 0 Å². The van der Waals surface area contributed by atoms with Crippen molar-refractivity contribution in [2.75, 3.05) is 29.9 Å². The molecule has 0 radical (unpaired) electrons. The Balaban J connectivity index is 1.44. The molecule has 2 heterocycles. The number of hydrogen-bond acceptors (Lipinski definition) is 4. The number of anilines is 2. The predicted molar refractivity (Wildman–Crippen MR) is 116 cm³/mol. The molecule has 10 heteroatoms. The van der Waals surface area contributed by atoms with Gasteiger partial charge in [-0.3, -0.25) is 9.59 Å². The monoisotopic (exact) mass is 465 g/mol. The lowest BCUT2D eigenvalue weighted by atomic mass is 9.95. The van der Waals surface area contributed by atoms with E-state index in [1.54, 1.807) is 24.3 Å². The van der Waals surface area contributed by atoms with E-state index in [-0.39, 0.29) is 42.0 Å². The average Bonchev–Trinajstić information content (AvgIpc) is 2.75. The summed E-state index contributed by atoms with van der Waals surface area (Å²) in [5, 5.41) is 2.81. The average molecular weight is 466 g/mol. The first-order valence-electron chi connectivity index (χ1n) is 9.87. The lowest BCUT2D eigenvalue weighted by molar-refractivity contribution is -0.125. The first kappa shape index (κ1) is 21.7. The summed E-state index contributed by atoms with van der Waals surface area (Å²) in [4.78, 5) is 26.6. The molecule has 2 amide bonds. The molecule has 0 bridgehead atoms. The second-order valence-electron chi connectivity index (χ2n) is 7.62. The molecule has 0 aliphatic carbocycles. The van der Waals surface area contributed by atoms with E-state index in [1.165, 1.54) is 27.4 Å².